The number of nitrogens with one attached hydrogen (secondary N) is 1. The number of methoxy groups -OCH3 is 1. The zero-order valence-corrected chi connectivity index (χ0v) is 16.9. The number of oxazole rings is 1. The fourth-order valence-corrected chi connectivity index (χ4v) is 3.66. The van der Waals surface area contributed by atoms with Crippen LogP contribution in [0.4, 0.5) is 13.2 Å². The first-order chi connectivity index (χ1) is 14.7. The molecule has 162 valence electrons. The average Bonchev–Trinajstić information content (AvgIpc) is 3.18. The molecule has 0 bridgehead atoms. The van der Waals surface area contributed by atoms with Crippen LogP contribution in [0.3, 0.4) is 0 Å². The van der Waals surface area contributed by atoms with Gasteiger partial charge in [0.05, 0.1) is 18.7 Å². The van der Waals surface area contributed by atoms with Crippen molar-refractivity contribution in [1.29, 1.82) is 0 Å². The highest BCUT2D eigenvalue weighted by molar-refractivity contribution is 5.95. The van der Waals surface area contributed by atoms with Crippen LogP contribution < -0.4 is 10.1 Å². The van der Waals surface area contributed by atoms with Crippen LogP contribution in [0.25, 0.3) is 11.5 Å². The number of rotatable bonds is 4. The maximum atomic E-state index is 13.1. The van der Waals surface area contributed by atoms with Gasteiger partial charge in [0, 0.05) is 29.8 Å². The summed E-state index contributed by atoms with van der Waals surface area (Å²) < 4.78 is 50.4. The van der Waals surface area contributed by atoms with Crippen LogP contribution in [0.1, 0.15) is 51.8 Å². The molecule has 0 unspecified atom stereocenters. The second kappa shape index (κ2) is 8.05. The second-order valence-electron chi connectivity index (χ2n) is 7.42. The Kier molecular flexibility index (Phi) is 5.43. The second-order valence-corrected chi connectivity index (χ2v) is 7.42. The van der Waals surface area contributed by atoms with E-state index in [1.54, 1.807) is 18.3 Å². The lowest BCUT2D eigenvalue weighted by atomic mass is 9.96. The number of benzene rings is 1. The van der Waals surface area contributed by atoms with E-state index >= 15 is 0 Å². The number of hydrogen-bond donors (Lipinski definition) is 1. The number of alkyl halides is 3. The first kappa shape index (κ1) is 20.9. The summed E-state index contributed by atoms with van der Waals surface area (Å²) in [6, 6.07) is 6.29. The van der Waals surface area contributed by atoms with Crippen molar-refractivity contribution in [2.45, 2.75) is 38.4 Å². The summed E-state index contributed by atoms with van der Waals surface area (Å²) in [6.07, 6.45) is -0.909. The Morgan fingerprint density at radius 1 is 1.26 bits per heavy atom. The SMILES string of the molecule is COc1cc(-c2nc3c(o2)CCC[C@@H]3NC(=O)c2cc(C)cc(C(F)(F)F)c2)ccn1. The van der Waals surface area contributed by atoms with Crippen LogP contribution in [0.15, 0.2) is 40.9 Å². The van der Waals surface area contributed by atoms with E-state index in [1.807, 2.05) is 0 Å². The molecule has 1 N–H and O–H groups in total. The molecule has 2 heterocycles. The highest BCUT2D eigenvalue weighted by atomic mass is 19.4. The molecule has 4 rings (SSSR count). The summed E-state index contributed by atoms with van der Waals surface area (Å²) in [5, 5.41) is 2.82. The lowest BCUT2D eigenvalue weighted by Gasteiger charge is -2.21. The fourth-order valence-electron chi connectivity index (χ4n) is 3.66. The van der Waals surface area contributed by atoms with Gasteiger partial charge in [-0.1, -0.05) is 0 Å². The largest absolute Gasteiger partial charge is 0.481 e. The summed E-state index contributed by atoms with van der Waals surface area (Å²) in [5.41, 5.74) is 0.743. The Morgan fingerprint density at radius 2 is 2.06 bits per heavy atom. The maximum Gasteiger partial charge on any atom is 0.416 e. The molecule has 0 fully saturated rings. The molecule has 1 atom stereocenters. The highest BCUT2D eigenvalue weighted by Gasteiger charge is 2.32. The Hall–Kier alpha value is -3.36. The minimum atomic E-state index is -4.52. The maximum absolute atomic E-state index is 13.1. The minimum Gasteiger partial charge on any atom is -0.481 e. The van der Waals surface area contributed by atoms with Crippen LogP contribution in [-0.2, 0) is 12.6 Å². The molecule has 3 aromatic rings. The van der Waals surface area contributed by atoms with Crippen LogP contribution in [0.5, 0.6) is 5.88 Å². The number of aromatic nitrogens is 2. The molecule has 9 heteroatoms. The lowest BCUT2D eigenvalue weighted by molar-refractivity contribution is -0.137. The van der Waals surface area contributed by atoms with E-state index in [0.29, 0.717) is 47.2 Å². The molecular formula is C22H20F3N3O3. The van der Waals surface area contributed by atoms with Crippen LogP contribution >= 0.6 is 0 Å². The van der Waals surface area contributed by atoms with Gasteiger partial charge in [-0.15, -0.1) is 0 Å². The number of aryl methyl sites for hydroxylation is 2. The number of carbonyl (C=O) groups is 1. The molecule has 0 radical (unpaired) electrons. The van der Waals surface area contributed by atoms with Crippen molar-refractivity contribution in [2.24, 2.45) is 0 Å². The first-order valence-corrected chi connectivity index (χ1v) is 9.74. The van der Waals surface area contributed by atoms with Gasteiger partial charge in [0.1, 0.15) is 11.5 Å². The molecule has 1 amide bonds. The molecule has 1 aliphatic carbocycles. The van der Waals surface area contributed by atoms with E-state index in [4.69, 9.17) is 9.15 Å². The van der Waals surface area contributed by atoms with Crippen molar-refractivity contribution in [3.63, 3.8) is 0 Å². The Bertz CT molecular complexity index is 1120. The van der Waals surface area contributed by atoms with Gasteiger partial charge in [0.25, 0.3) is 5.91 Å². The number of carbonyl (C=O) groups excluding carboxylic acids is 1. The van der Waals surface area contributed by atoms with Crippen molar-refractivity contribution in [3.8, 4) is 17.3 Å². The fraction of sp³-hybridized carbons (Fsp3) is 0.318. The first-order valence-electron chi connectivity index (χ1n) is 9.74. The van der Waals surface area contributed by atoms with E-state index in [0.717, 1.165) is 18.6 Å². The molecule has 31 heavy (non-hydrogen) atoms. The van der Waals surface area contributed by atoms with E-state index in [9.17, 15) is 18.0 Å². The summed E-state index contributed by atoms with van der Waals surface area (Å²) in [5.74, 6) is 0.866. The van der Waals surface area contributed by atoms with Crippen LogP contribution in [-0.4, -0.2) is 23.0 Å². The molecule has 1 aliphatic rings. The predicted octanol–water partition coefficient (Wildman–Crippen LogP) is 4.88. The molecule has 0 saturated heterocycles. The third-order valence-corrected chi connectivity index (χ3v) is 5.12. The van der Waals surface area contributed by atoms with Crippen molar-refractivity contribution < 1.29 is 27.1 Å². The lowest BCUT2D eigenvalue weighted by Crippen LogP contribution is -2.31. The number of halogens is 3. The number of ether oxygens (including phenoxy) is 1. The van der Waals surface area contributed by atoms with Crippen molar-refractivity contribution in [2.75, 3.05) is 7.11 Å². The van der Waals surface area contributed by atoms with Gasteiger partial charge in [-0.05, 0) is 49.6 Å². The van der Waals surface area contributed by atoms with E-state index in [1.165, 1.54) is 20.1 Å². The number of fused-ring (bicyclic) bond motifs is 1. The van der Waals surface area contributed by atoms with E-state index < -0.39 is 23.7 Å². The van der Waals surface area contributed by atoms with Gasteiger partial charge in [-0.3, -0.25) is 4.79 Å². The molecular weight excluding hydrogens is 411 g/mol. The Balaban J connectivity index is 1.60. The Labute approximate surface area is 176 Å². The normalized spacial score (nSPS) is 16.0. The van der Waals surface area contributed by atoms with Crippen LogP contribution in [0, 0.1) is 6.92 Å². The van der Waals surface area contributed by atoms with Gasteiger partial charge in [0.2, 0.25) is 11.8 Å². The zero-order chi connectivity index (χ0) is 22.2. The van der Waals surface area contributed by atoms with Gasteiger partial charge < -0.3 is 14.5 Å². The summed E-state index contributed by atoms with van der Waals surface area (Å²) in [4.78, 5) is 21.4. The third-order valence-electron chi connectivity index (χ3n) is 5.12. The average molecular weight is 431 g/mol. The van der Waals surface area contributed by atoms with E-state index in [2.05, 4.69) is 15.3 Å². The smallest absolute Gasteiger partial charge is 0.416 e. The summed E-state index contributed by atoms with van der Waals surface area (Å²) in [7, 11) is 1.51. The number of pyridine rings is 1. The number of amides is 1. The standard InChI is InChI=1S/C22H20F3N3O3/c1-12-8-14(10-15(9-12)22(23,24)25)20(29)27-16-4-3-5-17-19(16)28-21(31-17)13-6-7-26-18(11-13)30-2/h6-11,16H,3-5H2,1-2H3,(H,27,29)/t16-/m0/s1. The zero-order valence-electron chi connectivity index (χ0n) is 16.9. The van der Waals surface area contributed by atoms with Gasteiger partial charge >= 0.3 is 6.18 Å². The van der Waals surface area contributed by atoms with Gasteiger partial charge in [0.15, 0.2) is 0 Å². The van der Waals surface area contributed by atoms with Crippen molar-refractivity contribution in [1.82, 2.24) is 15.3 Å². The monoisotopic (exact) mass is 431 g/mol. The molecule has 0 spiro atoms. The molecule has 0 saturated carbocycles. The summed E-state index contributed by atoms with van der Waals surface area (Å²) >= 11 is 0. The summed E-state index contributed by atoms with van der Waals surface area (Å²) in [6.45, 7) is 1.53. The van der Waals surface area contributed by atoms with E-state index in [-0.39, 0.29) is 5.56 Å². The minimum absolute atomic E-state index is 0.0398. The molecule has 1 aromatic carbocycles. The van der Waals surface area contributed by atoms with Crippen molar-refractivity contribution >= 4 is 5.91 Å². The highest BCUT2D eigenvalue weighted by Crippen LogP contribution is 2.34. The molecule has 2 aromatic heterocycles. The number of hydrogen-bond acceptors (Lipinski definition) is 5. The van der Waals surface area contributed by atoms with Crippen molar-refractivity contribution in [3.05, 3.63) is 64.7 Å². The van der Waals surface area contributed by atoms with Gasteiger partial charge in [-0.25, -0.2) is 9.97 Å². The molecule has 6 nitrogen and oxygen atoms in total. The number of nitrogens with zero attached hydrogens (tertiary/aromatic N) is 2. The van der Waals surface area contributed by atoms with Crippen LogP contribution in [0.2, 0.25) is 0 Å². The quantitative estimate of drug-likeness (QED) is 0.637. The topological polar surface area (TPSA) is 77.3 Å². The Morgan fingerprint density at radius 3 is 2.81 bits per heavy atom. The molecule has 0 aliphatic heterocycles. The van der Waals surface area contributed by atoms with Gasteiger partial charge in [-0.2, -0.15) is 13.2 Å². The predicted molar refractivity (Wildman–Crippen MR) is 106 cm³/mol. The third kappa shape index (κ3) is 4.40.